The SMILES string of the molecule is CC(C)(C)NC(=O)c1ccc(N)c(N)c1. The molecule has 0 aromatic heterocycles. The first-order chi connectivity index (χ1) is 6.79. The first-order valence-electron chi connectivity index (χ1n) is 4.77. The summed E-state index contributed by atoms with van der Waals surface area (Å²) in [6.45, 7) is 5.77. The van der Waals surface area contributed by atoms with Crippen LogP contribution in [0.5, 0.6) is 0 Å². The van der Waals surface area contributed by atoms with Gasteiger partial charge in [0.15, 0.2) is 0 Å². The lowest BCUT2D eigenvalue weighted by atomic mass is 10.1. The number of rotatable bonds is 1. The highest BCUT2D eigenvalue weighted by Gasteiger charge is 2.15. The molecule has 1 amide bonds. The number of nitrogen functional groups attached to an aromatic ring is 2. The molecule has 0 bridgehead atoms. The van der Waals surface area contributed by atoms with Gasteiger partial charge in [-0.2, -0.15) is 0 Å². The Morgan fingerprint density at radius 1 is 1.20 bits per heavy atom. The minimum atomic E-state index is -0.257. The average molecular weight is 207 g/mol. The number of amides is 1. The van der Waals surface area contributed by atoms with Crippen LogP contribution in [0.25, 0.3) is 0 Å². The number of hydrogen-bond acceptors (Lipinski definition) is 3. The molecule has 0 saturated carbocycles. The Hall–Kier alpha value is -1.71. The van der Waals surface area contributed by atoms with Crippen LogP contribution in [-0.4, -0.2) is 11.4 Å². The zero-order chi connectivity index (χ0) is 11.6. The fourth-order valence-corrected chi connectivity index (χ4v) is 1.13. The van der Waals surface area contributed by atoms with E-state index >= 15 is 0 Å². The van der Waals surface area contributed by atoms with Crippen LogP contribution in [0.3, 0.4) is 0 Å². The number of carbonyl (C=O) groups is 1. The van der Waals surface area contributed by atoms with Gasteiger partial charge in [-0.15, -0.1) is 0 Å². The van der Waals surface area contributed by atoms with Gasteiger partial charge < -0.3 is 16.8 Å². The quantitative estimate of drug-likeness (QED) is 0.608. The molecule has 1 aromatic rings. The summed E-state index contributed by atoms with van der Waals surface area (Å²) in [7, 11) is 0. The molecule has 0 unspecified atom stereocenters. The molecule has 0 aliphatic rings. The normalized spacial score (nSPS) is 11.1. The van der Waals surface area contributed by atoms with Gasteiger partial charge in [-0.3, -0.25) is 4.79 Å². The van der Waals surface area contributed by atoms with E-state index in [1.54, 1.807) is 18.2 Å². The molecular formula is C11H17N3O. The summed E-state index contributed by atoms with van der Waals surface area (Å²) in [5.74, 6) is -0.144. The van der Waals surface area contributed by atoms with Gasteiger partial charge >= 0.3 is 0 Å². The summed E-state index contributed by atoms with van der Waals surface area (Å²) in [5, 5.41) is 2.85. The highest BCUT2D eigenvalue weighted by molar-refractivity contribution is 5.96. The van der Waals surface area contributed by atoms with Crippen LogP contribution in [0, 0.1) is 0 Å². The van der Waals surface area contributed by atoms with E-state index in [1.807, 2.05) is 20.8 Å². The molecule has 4 nitrogen and oxygen atoms in total. The number of anilines is 2. The lowest BCUT2D eigenvalue weighted by molar-refractivity contribution is 0.0919. The molecule has 5 N–H and O–H groups in total. The number of nitrogens with one attached hydrogen (secondary N) is 1. The van der Waals surface area contributed by atoms with Crippen molar-refractivity contribution in [2.75, 3.05) is 11.5 Å². The van der Waals surface area contributed by atoms with Gasteiger partial charge in [-0.05, 0) is 39.0 Å². The van der Waals surface area contributed by atoms with E-state index < -0.39 is 0 Å². The highest BCUT2D eigenvalue weighted by Crippen LogP contribution is 2.16. The fraction of sp³-hybridized carbons (Fsp3) is 0.364. The minimum absolute atomic E-state index is 0.144. The number of benzene rings is 1. The van der Waals surface area contributed by atoms with Gasteiger partial charge in [-0.1, -0.05) is 0 Å². The fourth-order valence-electron chi connectivity index (χ4n) is 1.13. The van der Waals surface area contributed by atoms with Crippen LogP contribution < -0.4 is 16.8 Å². The van der Waals surface area contributed by atoms with E-state index in [9.17, 15) is 4.79 Å². The third kappa shape index (κ3) is 3.16. The molecule has 0 fully saturated rings. The largest absolute Gasteiger partial charge is 0.397 e. The first kappa shape index (κ1) is 11.4. The minimum Gasteiger partial charge on any atom is -0.397 e. The monoisotopic (exact) mass is 207 g/mol. The molecule has 1 rings (SSSR count). The summed E-state index contributed by atoms with van der Waals surface area (Å²) in [6, 6.07) is 4.87. The summed E-state index contributed by atoms with van der Waals surface area (Å²) >= 11 is 0. The highest BCUT2D eigenvalue weighted by atomic mass is 16.1. The van der Waals surface area contributed by atoms with Crippen molar-refractivity contribution in [1.29, 1.82) is 0 Å². The van der Waals surface area contributed by atoms with Crippen LogP contribution in [0.2, 0.25) is 0 Å². The molecule has 0 aliphatic heterocycles. The van der Waals surface area contributed by atoms with Crippen molar-refractivity contribution in [2.45, 2.75) is 26.3 Å². The summed E-state index contributed by atoms with van der Waals surface area (Å²) in [4.78, 5) is 11.7. The average Bonchev–Trinajstić information content (AvgIpc) is 2.06. The van der Waals surface area contributed by atoms with Crippen LogP contribution >= 0.6 is 0 Å². The summed E-state index contributed by atoms with van der Waals surface area (Å²) in [5.41, 5.74) is 12.4. The maximum absolute atomic E-state index is 11.7. The van der Waals surface area contributed by atoms with Gasteiger partial charge in [0.2, 0.25) is 0 Å². The van der Waals surface area contributed by atoms with Crippen LogP contribution in [0.1, 0.15) is 31.1 Å². The van der Waals surface area contributed by atoms with Gasteiger partial charge in [0.05, 0.1) is 11.4 Å². The Kier molecular flexibility index (Phi) is 2.88. The van der Waals surface area contributed by atoms with Gasteiger partial charge in [0.25, 0.3) is 5.91 Å². The Morgan fingerprint density at radius 3 is 2.27 bits per heavy atom. The molecule has 0 aliphatic carbocycles. The van der Waals surface area contributed by atoms with E-state index in [2.05, 4.69) is 5.32 Å². The predicted octanol–water partition coefficient (Wildman–Crippen LogP) is 1.38. The van der Waals surface area contributed by atoms with Crippen molar-refractivity contribution >= 4 is 17.3 Å². The molecule has 0 atom stereocenters. The number of carbonyl (C=O) groups excluding carboxylic acids is 1. The lowest BCUT2D eigenvalue weighted by Gasteiger charge is -2.20. The standard InChI is InChI=1S/C11H17N3O/c1-11(2,3)14-10(15)7-4-5-8(12)9(13)6-7/h4-6H,12-13H2,1-3H3,(H,14,15). The lowest BCUT2D eigenvalue weighted by Crippen LogP contribution is -2.40. The predicted molar refractivity (Wildman–Crippen MR) is 62.5 cm³/mol. The molecular weight excluding hydrogens is 190 g/mol. The second kappa shape index (κ2) is 3.81. The van der Waals surface area contributed by atoms with E-state index in [4.69, 9.17) is 11.5 Å². The smallest absolute Gasteiger partial charge is 0.251 e. The second-order valence-electron chi connectivity index (χ2n) is 4.55. The van der Waals surface area contributed by atoms with Crippen LogP contribution in [0.4, 0.5) is 11.4 Å². The van der Waals surface area contributed by atoms with E-state index in [-0.39, 0.29) is 11.4 Å². The molecule has 0 saturated heterocycles. The molecule has 4 heteroatoms. The van der Waals surface area contributed by atoms with E-state index in [0.29, 0.717) is 16.9 Å². The molecule has 0 heterocycles. The van der Waals surface area contributed by atoms with Crippen molar-refractivity contribution in [3.63, 3.8) is 0 Å². The Bertz CT molecular complexity index is 380. The Balaban J connectivity index is 2.88. The van der Waals surface area contributed by atoms with Gasteiger partial charge in [-0.25, -0.2) is 0 Å². The van der Waals surface area contributed by atoms with E-state index in [0.717, 1.165) is 0 Å². The zero-order valence-corrected chi connectivity index (χ0v) is 9.29. The maximum Gasteiger partial charge on any atom is 0.251 e. The summed E-state index contributed by atoms with van der Waals surface area (Å²) in [6.07, 6.45) is 0. The van der Waals surface area contributed by atoms with Crippen molar-refractivity contribution in [2.24, 2.45) is 0 Å². The molecule has 82 valence electrons. The van der Waals surface area contributed by atoms with Crippen LogP contribution in [-0.2, 0) is 0 Å². The molecule has 0 radical (unpaired) electrons. The van der Waals surface area contributed by atoms with Gasteiger partial charge in [0.1, 0.15) is 0 Å². The first-order valence-corrected chi connectivity index (χ1v) is 4.77. The molecule has 15 heavy (non-hydrogen) atoms. The van der Waals surface area contributed by atoms with Crippen molar-refractivity contribution in [3.05, 3.63) is 23.8 Å². The number of nitrogens with two attached hydrogens (primary N) is 2. The molecule has 0 spiro atoms. The summed E-state index contributed by atoms with van der Waals surface area (Å²) < 4.78 is 0. The van der Waals surface area contributed by atoms with Crippen molar-refractivity contribution < 1.29 is 4.79 Å². The third-order valence-electron chi connectivity index (χ3n) is 1.84. The van der Waals surface area contributed by atoms with Crippen molar-refractivity contribution in [1.82, 2.24) is 5.32 Å². The van der Waals surface area contributed by atoms with Gasteiger partial charge in [0, 0.05) is 11.1 Å². The Morgan fingerprint density at radius 2 is 1.80 bits per heavy atom. The third-order valence-corrected chi connectivity index (χ3v) is 1.84. The van der Waals surface area contributed by atoms with Crippen molar-refractivity contribution in [3.8, 4) is 0 Å². The second-order valence-corrected chi connectivity index (χ2v) is 4.55. The topological polar surface area (TPSA) is 81.1 Å². The zero-order valence-electron chi connectivity index (χ0n) is 9.29. The van der Waals surface area contributed by atoms with Crippen LogP contribution in [0.15, 0.2) is 18.2 Å². The maximum atomic E-state index is 11.7. The van der Waals surface area contributed by atoms with E-state index in [1.165, 1.54) is 0 Å². The Labute approximate surface area is 89.6 Å². The molecule has 1 aromatic carbocycles. The number of hydrogen-bond donors (Lipinski definition) is 3.